The van der Waals surface area contributed by atoms with E-state index in [0.717, 1.165) is 103 Å². The molecule has 338 valence electrons. The number of hydrogen-bond donors (Lipinski definition) is 4. The summed E-state index contributed by atoms with van der Waals surface area (Å²) in [5, 5.41) is 40.1. The smallest absolute Gasteiger partial charge is 0.306 e. The molecule has 1 saturated heterocycles. The first-order chi connectivity index (χ1) is 28.9. The molecule has 0 amide bonds. The summed E-state index contributed by atoms with van der Waals surface area (Å²) < 4.78 is 22.8. The van der Waals surface area contributed by atoms with Crippen LogP contribution in [-0.2, 0) is 23.7 Å². The van der Waals surface area contributed by atoms with Crippen molar-refractivity contribution in [2.45, 2.75) is 198 Å². The molecule has 6 unspecified atom stereocenters. The molecule has 0 saturated carbocycles. The van der Waals surface area contributed by atoms with Gasteiger partial charge in [0.05, 0.1) is 19.8 Å². The Morgan fingerprint density at radius 3 is 1.56 bits per heavy atom. The summed E-state index contributed by atoms with van der Waals surface area (Å²) in [5.74, 6) is -0.340. The number of allylic oxidation sites excluding steroid dienone is 14. The number of unbranched alkanes of at least 4 members (excludes halogenated alkanes) is 13. The Balaban J connectivity index is 2.29. The quantitative estimate of drug-likeness (QED) is 0.0272. The second-order valence-corrected chi connectivity index (χ2v) is 15.5. The number of rotatable bonds is 38. The van der Waals surface area contributed by atoms with Crippen LogP contribution in [0.3, 0.4) is 0 Å². The topological polar surface area (TPSA) is 135 Å². The molecule has 0 radical (unpaired) electrons. The minimum atomic E-state index is -1.55. The summed E-state index contributed by atoms with van der Waals surface area (Å²) in [5.41, 5.74) is 0. The van der Waals surface area contributed by atoms with Gasteiger partial charge in [-0.15, -0.1) is 0 Å². The van der Waals surface area contributed by atoms with E-state index in [9.17, 15) is 25.2 Å². The van der Waals surface area contributed by atoms with E-state index in [1.807, 2.05) is 0 Å². The number of hydrogen-bond acceptors (Lipinski definition) is 9. The van der Waals surface area contributed by atoms with Gasteiger partial charge in [0.1, 0.15) is 30.5 Å². The highest BCUT2D eigenvalue weighted by Crippen LogP contribution is 2.22. The first-order valence-electron chi connectivity index (χ1n) is 23.2. The number of aliphatic hydroxyl groups is 4. The van der Waals surface area contributed by atoms with Crippen molar-refractivity contribution in [3.63, 3.8) is 0 Å². The van der Waals surface area contributed by atoms with Crippen LogP contribution in [0, 0.1) is 0 Å². The average molecular weight is 829 g/mol. The first-order valence-corrected chi connectivity index (χ1v) is 23.2. The van der Waals surface area contributed by atoms with Crippen LogP contribution in [0.4, 0.5) is 0 Å². The van der Waals surface area contributed by atoms with Gasteiger partial charge < -0.3 is 39.4 Å². The fourth-order valence-corrected chi connectivity index (χ4v) is 6.42. The SMILES string of the molecule is CC/C=C\C/C=C\C/C=C\C/C=C\C/C=C\CCCCCCCC(=O)OC(COCCCCCCCC/C=C\C/C=C\CCCC)COC1OC(CO)C(O)C(O)C1O. The van der Waals surface area contributed by atoms with E-state index in [2.05, 4.69) is 98.9 Å². The maximum absolute atomic E-state index is 12.8. The van der Waals surface area contributed by atoms with Crippen LogP contribution in [0.2, 0.25) is 0 Å². The van der Waals surface area contributed by atoms with E-state index in [4.69, 9.17) is 18.9 Å². The lowest BCUT2D eigenvalue weighted by molar-refractivity contribution is -0.305. The predicted molar refractivity (Wildman–Crippen MR) is 242 cm³/mol. The van der Waals surface area contributed by atoms with Crippen LogP contribution in [0.15, 0.2) is 85.1 Å². The molecule has 1 aliphatic heterocycles. The lowest BCUT2D eigenvalue weighted by Crippen LogP contribution is -2.59. The summed E-state index contributed by atoms with van der Waals surface area (Å²) >= 11 is 0. The molecule has 9 nitrogen and oxygen atoms in total. The van der Waals surface area contributed by atoms with Crippen molar-refractivity contribution >= 4 is 5.97 Å². The largest absolute Gasteiger partial charge is 0.457 e. The van der Waals surface area contributed by atoms with Crippen LogP contribution < -0.4 is 0 Å². The zero-order chi connectivity index (χ0) is 42.9. The molecule has 1 aliphatic rings. The van der Waals surface area contributed by atoms with Gasteiger partial charge in [-0.25, -0.2) is 0 Å². The van der Waals surface area contributed by atoms with Crippen molar-refractivity contribution in [1.82, 2.24) is 0 Å². The van der Waals surface area contributed by atoms with Crippen molar-refractivity contribution in [3.05, 3.63) is 85.1 Å². The molecule has 1 rings (SSSR count). The Morgan fingerprint density at radius 2 is 1.03 bits per heavy atom. The van der Waals surface area contributed by atoms with E-state index in [1.165, 1.54) is 38.5 Å². The van der Waals surface area contributed by atoms with Gasteiger partial charge in [0.2, 0.25) is 0 Å². The van der Waals surface area contributed by atoms with E-state index in [-0.39, 0.29) is 25.6 Å². The van der Waals surface area contributed by atoms with Crippen LogP contribution in [0.25, 0.3) is 0 Å². The molecule has 0 aromatic rings. The van der Waals surface area contributed by atoms with Crippen molar-refractivity contribution in [3.8, 4) is 0 Å². The standard InChI is InChI=1S/C50H84O9/c1-3-5-7-9-11-13-15-17-19-20-21-22-23-24-25-27-29-31-33-35-37-39-46(52)58-44(43-57-50-49(55)48(54)47(53)45(41-51)59-50)42-56-40-38-36-34-32-30-28-26-18-16-14-12-10-8-6-4-2/h5,7,10-13,16-19,21-22,24-25,44-45,47-51,53-55H,3-4,6,8-9,14-15,20,23,26-43H2,1-2H3/b7-5-,12-10-,13-11-,18-16-,19-17-,22-21-,25-24-. The fraction of sp³-hybridized carbons (Fsp3) is 0.700. The number of aliphatic hydroxyl groups excluding tert-OH is 4. The van der Waals surface area contributed by atoms with E-state index in [1.54, 1.807) is 0 Å². The molecule has 6 atom stereocenters. The number of carbonyl (C=O) groups excluding carboxylic acids is 1. The van der Waals surface area contributed by atoms with Crippen molar-refractivity contribution < 1.29 is 44.2 Å². The molecule has 1 heterocycles. The first kappa shape index (κ1) is 54.4. The second kappa shape index (κ2) is 40.8. The molecule has 0 aromatic carbocycles. The van der Waals surface area contributed by atoms with Gasteiger partial charge in [0.25, 0.3) is 0 Å². The monoisotopic (exact) mass is 829 g/mol. The molecule has 0 spiro atoms. The van der Waals surface area contributed by atoms with Crippen molar-refractivity contribution in [2.75, 3.05) is 26.4 Å². The molecule has 59 heavy (non-hydrogen) atoms. The van der Waals surface area contributed by atoms with Crippen LogP contribution in [-0.4, -0.2) is 89.6 Å². The minimum absolute atomic E-state index is 0.124. The Morgan fingerprint density at radius 1 is 0.559 bits per heavy atom. The van der Waals surface area contributed by atoms with Gasteiger partial charge in [-0.05, 0) is 83.5 Å². The van der Waals surface area contributed by atoms with E-state index >= 15 is 0 Å². The van der Waals surface area contributed by atoms with Gasteiger partial charge in [0, 0.05) is 13.0 Å². The zero-order valence-electron chi connectivity index (χ0n) is 37.0. The Labute approximate surface area is 359 Å². The maximum Gasteiger partial charge on any atom is 0.306 e. The molecule has 4 N–H and O–H groups in total. The molecular formula is C50H84O9. The van der Waals surface area contributed by atoms with Crippen LogP contribution in [0.1, 0.15) is 162 Å². The number of carbonyl (C=O) groups is 1. The molecule has 1 fully saturated rings. The average Bonchev–Trinajstić information content (AvgIpc) is 3.24. The number of ether oxygens (including phenoxy) is 4. The van der Waals surface area contributed by atoms with Crippen molar-refractivity contribution in [2.24, 2.45) is 0 Å². The lowest BCUT2D eigenvalue weighted by atomic mass is 9.99. The van der Waals surface area contributed by atoms with Gasteiger partial charge in [-0.2, -0.15) is 0 Å². The van der Waals surface area contributed by atoms with Gasteiger partial charge in [0.15, 0.2) is 6.29 Å². The summed E-state index contributed by atoms with van der Waals surface area (Å²) in [4.78, 5) is 12.8. The van der Waals surface area contributed by atoms with Gasteiger partial charge in [-0.1, -0.05) is 157 Å². The highest BCUT2D eigenvalue weighted by atomic mass is 16.7. The van der Waals surface area contributed by atoms with Gasteiger partial charge in [-0.3, -0.25) is 4.79 Å². The molecule has 9 heteroatoms. The normalized spacial score (nSPS) is 20.9. The Bertz CT molecular complexity index is 1170. The Hall–Kier alpha value is -2.63. The summed E-state index contributed by atoms with van der Waals surface area (Å²) in [6.45, 7) is 4.34. The van der Waals surface area contributed by atoms with E-state index < -0.39 is 43.4 Å². The summed E-state index contributed by atoms with van der Waals surface area (Å²) in [7, 11) is 0. The molecular weight excluding hydrogens is 745 g/mol. The van der Waals surface area contributed by atoms with Crippen LogP contribution >= 0.6 is 0 Å². The zero-order valence-corrected chi connectivity index (χ0v) is 37.0. The Kier molecular flexibility index (Phi) is 37.6. The van der Waals surface area contributed by atoms with E-state index in [0.29, 0.717) is 6.61 Å². The maximum atomic E-state index is 12.8. The van der Waals surface area contributed by atoms with Gasteiger partial charge >= 0.3 is 5.97 Å². The third kappa shape index (κ3) is 31.8. The fourth-order valence-electron chi connectivity index (χ4n) is 6.42. The summed E-state index contributed by atoms with van der Waals surface area (Å²) in [6, 6.07) is 0. The predicted octanol–water partition coefficient (Wildman–Crippen LogP) is 10.6. The molecule has 0 aromatic heterocycles. The molecule has 0 aliphatic carbocycles. The molecule has 0 bridgehead atoms. The van der Waals surface area contributed by atoms with Crippen LogP contribution in [0.5, 0.6) is 0 Å². The summed E-state index contributed by atoms with van der Waals surface area (Å²) in [6.07, 6.45) is 47.4. The lowest BCUT2D eigenvalue weighted by Gasteiger charge is -2.39. The highest BCUT2D eigenvalue weighted by molar-refractivity contribution is 5.69. The number of esters is 1. The third-order valence-electron chi connectivity index (χ3n) is 10.0. The third-order valence-corrected chi connectivity index (χ3v) is 10.0. The van der Waals surface area contributed by atoms with Crippen molar-refractivity contribution in [1.29, 1.82) is 0 Å². The minimum Gasteiger partial charge on any atom is -0.457 e. The second-order valence-electron chi connectivity index (χ2n) is 15.5. The highest BCUT2D eigenvalue weighted by Gasteiger charge is 2.44.